The Kier molecular flexibility index (Phi) is 5.12. The van der Waals surface area contributed by atoms with Crippen molar-refractivity contribution in [1.82, 2.24) is 0 Å². The van der Waals surface area contributed by atoms with Crippen LogP contribution in [0.4, 0.5) is 13.2 Å². The van der Waals surface area contributed by atoms with Crippen LogP contribution >= 0.6 is 0 Å². The number of carbonyl (C=O) groups excluding carboxylic acids is 1. The van der Waals surface area contributed by atoms with Gasteiger partial charge in [-0.05, 0) is 6.42 Å². The molecule has 1 atom stereocenters. The van der Waals surface area contributed by atoms with E-state index in [-0.39, 0.29) is 6.42 Å². The van der Waals surface area contributed by atoms with E-state index < -0.39 is 17.8 Å². The molecule has 0 N–H and O–H groups in total. The number of halogens is 3. The molecule has 0 aliphatic rings. The highest BCUT2D eigenvalue weighted by atomic mass is 19.4. The van der Waals surface area contributed by atoms with Gasteiger partial charge in [0.05, 0.1) is 0 Å². The molecule has 5 heteroatoms. The molecular formula is C9H12F3NO. The van der Waals surface area contributed by atoms with Crippen LogP contribution in [0.25, 0.3) is 0 Å². The molecule has 0 fully saturated rings. The van der Waals surface area contributed by atoms with Gasteiger partial charge >= 0.3 is 6.18 Å². The molecule has 1 unspecified atom stereocenters. The predicted octanol–water partition coefficient (Wildman–Crippen LogP) is 2.75. The smallest absolute Gasteiger partial charge is 0.303 e. The summed E-state index contributed by atoms with van der Waals surface area (Å²) in [6.07, 6.45) is -1.70. The van der Waals surface area contributed by atoms with Crippen molar-refractivity contribution in [3.63, 3.8) is 0 Å². The molecule has 0 spiro atoms. The lowest BCUT2D eigenvalue weighted by atomic mass is 10.2. The highest BCUT2D eigenvalue weighted by molar-refractivity contribution is 5.80. The van der Waals surface area contributed by atoms with Crippen molar-refractivity contribution in [1.29, 1.82) is 0 Å². The molecule has 14 heavy (non-hydrogen) atoms. The van der Waals surface area contributed by atoms with Gasteiger partial charge in [0.25, 0.3) is 0 Å². The number of aldehydes is 1. The highest BCUT2D eigenvalue weighted by Gasteiger charge is 2.32. The number of hydrogen-bond acceptors (Lipinski definition) is 2. The van der Waals surface area contributed by atoms with E-state index in [2.05, 4.69) is 4.99 Å². The van der Waals surface area contributed by atoms with Gasteiger partial charge in [-0.1, -0.05) is 19.9 Å². The second kappa shape index (κ2) is 5.57. The zero-order valence-electron chi connectivity index (χ0n) is 8.01. The minimum atomic E-state index is -4.45. The Labute approximate surface area is 80.5 Å². The number of allylic oxidation sites excluding steroid dienone is 2. The van der Waals surface area contributed by atoms with Gasteiger partial charge in [-0.3, -0.25) is 4.99 Å². The van der Waals surface area contributed by atoms with Crippen LogP contribution in [0, 0.1) is 5.92 Å². The van der Waals surface area contributed by atoms with E-state index in [4.69, 9.17) is 0 Å². The van der Waals surface area contributed by atoms with Crippen molar-refractivity contribution in [3.05, 3.63) is 11.8 Å². The molecule has 0 amide bonds. The van der Waals surface area contributed by atoms with E-state index >= 15 is 0 Å². The maximum atomic E-state index is 12.2. The summed E-state index contributed by atoms with van der Waals surface area (Å²) < 4.78 is 36.6. The Morgan fingerprint density at radius 3 is 2.43 bits per heavy atom. The third-order valence-electron chi connectivity index (χ3n) is 1.35. The first-order valence-electron chi connectivity index (χ1n) is 4.18. The first kappa shape index (κ1) is 12.9. The topological polar surface area (TPSA) is 29.4 Å². The Bertz CT molecular complexity index is 243. The Balaban J connectivity index is 4.63. The van der Waals surface area contributed by atoms with Crippen LogP contribution in [0.15, 0.2) is 16.8 Å². The van der Waals surface area contributed by atoms with Crippen LogP contribution in [-0.2, 0) is 4.79 Å². The van der Waals surface area contributed by atoms with Crippen molar-refractivity contribution < 1.29 is 18.0 Å². The van der Waals surface area contributed by atoms with Crippen molar-refractivity contribution >= 4 is 12.5 Å². The lowest BCUT2D eigenvalue weighted by molar-refractivity contribution is -0.109. The highest BCUT2D eigenvalue weighted by Crippen LogP contribution is 2.26. The Morgan fingerprint density at radius 1 is 1.50 bits per heavy atom. The standard InChI is InChI=1S/C9H12F3NO/c1-3-4-8(9(10,11)12)13-5-7(2)6-14/h4-7H,3H2,1-2H3/b8-4-,13-5-. The van der Waals surface area contributed by atoms with E-state index in [1.165, 1.54) is 6.92 Å². The van der Waals surface area contributed by atoms with Gasteiger partial charge < -0.3 is 4.79 Å². The van der Waals surface area contributed by atoms with Gasteiger partial charge in [-0.25, -0.2) is 0 Å². The molecule has 0 aromatic rings. The molecule has 0 aliphatic carbocycles. The number of nitrogens with zero attached hydrogens (tertiary/aromatic N) is 1. The first-order valence-corrected chi connectivity index (χ1v) is 4.18. The molecule has 0 heterocycles. The largest absolute Gasteiger partial charge is 0.432 e. The van der Waals surface area contributed by atoms with Crippen LogP contribution < -0.4 is 0 Å². The SMILES string of the molecule is CC/C=C(\N=C/C(C)C=O)C(F)(F)F. The molecule has 2 nitrogen and oxygen atoms in total. The summed E-state index contributed by atoms with van der Waals surface area (Å²) in [5.41, 5.74) is -0.950. The van der Waals surface area contributed by atoms with Crippen LogP contribution in [-0.4, -0.2) is 18.7 Å². The van der Waals surface area contributed by atoms with E-state index in [1.807, 2.05) is 0 Å². The summed E-state index contributed by atoms with van der Waals surface area (Å²) in [6, 6.07) is 0. The number of hydrogen-bond donors (Lipinski definition) is 0. The van der Waals surface area contributed by atoms with Crippen molar-refractivity contribution in [2.24, 2.45) is 10.9 Å². The van der Waals surface area contributed by atoms with E-state index in [0.29, 0.717) is 6.29 Å². The van der Waals surface area contributed by atoms with Gasteiger partial charge in [-0.15, -0.1) is 0 Å². The fourth-order valence-electron chi connectivity index (χ4n) is 0.668. The second-order valence-corrected chi connectivity index (χ2v) is 2.77. The number of alkyl halides is 3. The van der Waals surface area contributed by atoms with E-state index in [9.17, 15) is 18.0 Å². The second-order valence-electron chi connectivity index (χ2n) is 2.77. The van der Waals surface area contributed by atoms with Gasteiger partial charge in [0.2, 0.25) is 0 Å². The predicted molar refractivity (Wildman–Crippen MR) is 48.1 cm³/mol. The molecule has 80 valence electrons. The third-order valence-corrected chi connectivity index (χ3v) is 1.35. The summed E-state index contributed by atoms with van der Waals surface area (Å²) in [4.78, 5) is 13.4. The molecule has 0 radical (unpaired) electrons. The lowest BCUT2D eigenvalue weighted by Gasteiger charge is -2.06. The summed E-state index contributed by atoms with van der Waals surface area (Å²) in [5, 5.41) is 0. The molecule has 0 saturated carbocycles. The molecule has 0 saturated heterocycles. The molecule has 0 rings (SSSR count). The summed E-state index contributed by atoms with van der Waals surface area (Å²) in [5.74, 6) is -0.599. The molecule has 0 aromatic heterocycles. The number of carbonyl (C=O) groups is 1. The third kappa shape index (κ3) is 4.79. The maximum absolute atomic E-state index is 12.2. The van der Waals surface area contributed by atoms with Crippen LogP contribution in [0.3, 0.4) is 0 Å². The lowest BCUT2D eigenvalue weighted by Crippen LogP contribution is -2.11. The maximum Gasteiger partial charge on any atom is 0.432 e. The average molecular weight is 207 g/mol. The summed E-state index contributed by atoms with van der Waals surface area (Å²) in [6.45, 7) is 3.06. The van der Waals surface area contributed by atoms with Crippen molar-refractivity contribution in [2.45, 2.75) is 26.4 Å². The molecular weight excluding hydrogens is 195 g/mol. The van der Waals surface area contributed by atoms with Gasteiger partial charge in [-0.2, -0.15) is 13.2 Å². The zero-order chi connectivity index (χ0) is 11.2. The fraction of sp³-hybridized carbons (Fsp3) is 0.556. The fourth-order valence-corrected chi connectivity index (χ4v) is 0.668. The van der Waals surface area contributed by atoms with Gasteiger partial charge in [0.1, 0.15) is 12.0 Å². The first-order chi connectivity index (χ1) is 6.41. The van der Waals surface area contributed by atoms with Crippen molar-refractivity contribution in [3.8, 4) is 0 Å². The van der Waals surface area contributed by atoms with Gasteiger partial charge in [0, 0.05) is 12.1 Å². The Hall–Kier alpha value is -1.13. The molecule has 0 bridgehead atoms. The number of rotatable bonds is 4. The van der Waals surface area contributed by atoms with Gasteiger partial charge in [0.15, 0.2) is 0 Å². The van der Waals surface area contributed by atoms with E-state index in [0.717, 1.165) is 12.3 Å². The normalized spacial score (nSPS) is 15.9. The van der Waals surface area contributed by atoms with Crippen LogP contribution in [0.2, 0.25) is 0 Å². The minimum absolute atomic E-state index is 0.252. The Morgan fingerprint density at radius 2 is 2.07 bits per heavy atom. The van der Waals surface area contributed by atoms with Crippen molar-refractivity contribution in [2.75, 3.05) is 0 Å². The quantitative estimate of drug-likeness (QED) is 0.514. The summed E-state index contributed by atoms with van der Waals surface area (Å²) in [7, 11) is 0. The van der Waals surface area contributed by atoms with Crippen LogP contribution in [0.1, 0.15) is 20.3 Å². The zero-order valence-corrected chi connectivity index (χ0v) is 8.01. The van der Waals surface area contributed by atoms with E-state index in [1.54, 1.807) is 6.92 Å². The molecule has 0 aromatic carbocycles. The minimum Gasteiger partial charge on any atom is -0.303 e. The van der Waals surface area contributed by atoms with Crippen LogP contribution in [0.5, 0.6) is 0 Å². The molecule has 0 aliphatic heterocycles. The number of aliphatic imine (C=N–C) groups is 1. The summed E-state index contributed by atoms with van der Waals surface area (Å²) >= 11 is 0. The monoisotopic (exact) mass is 207 g/mol. The average Bonchev–Trinajstić information content (AvgIpc) is 2.09.